The molecule has 0 aromatic heterocycles. The number of likely N-dealkylation sites (tertiary alicyclic amines) is 1. The van der Waals surface area contributed by atoms with E-state index in [0.29, 0.717) is 42.2 Å². The average molecular weight is 435 g/mol. The normalized spacial score (nSPS) is 21.7. The molecule has 1 saturated carbocycles. The van der Waals surface area contributed by atoms with Crippen LogP contribution in [0, 0.1) is 5.92 Å². The summed E-state index contributed by atoms with van der Waals surface area (Å²) in [5, 5.41) is 7.35. The smallest absolute Gasteiger partial charge is 0.225 e. The molecule has 1 aromatic rings. The molecule has 7 nitrogen and oxygen atoms in total. The number of guanidine groups is 1. The molecular formula is C22H31ClN4O3. The van der Waals surface area contributed by atoms with Crippen molar-refractivity contribution in [2.24, 2.45) is 10.9 Å². The zero-order valence-electron chi connectivity index (χ0n) is 17.6. The number of benzene rings is 1. The van der Waals surface area contributed by atoms with Gasteiger partial charge in [-0.3, -0.25) is 4.79 Å². The second kappa shape index (κ2) is 9.77. The molecule has 8 heteroatoms. The zero-order valence-corrected chi connectivity index (χ0v) is 18.3. The molecule has 1 amide bonds. The van der Waals surface area contributed by atoms with Crippen LogP contribution in [0.4, 0.5) is 0 Å². The molecule has 0 radical (unpaired) electrons. The van der Waals surface area contributed by atoms with Crippen LogP contribution in [-0.2, 0) is 11.3 Å². The van der Waals surface area contributed by atoms with E-state index >= 15 is 0 Å². The lowest BCUT2D eigenvalue weighted by molar-refractivity contribution is -0.134. The molecule has 30 heavy (non-hydrogen) atoms. The largest absolute Gasteiger partial charge is 0.486 e. The highest BCUT2D eigenvalue weighted by molar-refractivity contribution is 6.32. The Morgan fingerprint density at radius 3 is 2.83 bits per heavy atom. The molecule has 164 valence electrons. The van der Waals surface area contributed by atoms with Crippen molar-refractivity contribution in [3.63, 3.8) is 0 Å². The van der Waals surface area contributed by atoms with Crippen LogP contribution in [0.25, 0.3) is 0 Å². The van der Waals surface area contributed by atoms with Gasteiger partial charge in [0.1, 0.15) is 13.2 Å². The van der Waals surface area contributed by atoms with Gasteiger partial charge < -0.3 is 25.0 Å². The number of rotatable bonds is 5. The Hall–Kier alpha value is -2.15. The van der Waals surface area contributed by atoms with Crippen molar-refractivity contribution in [1.29, 1.82) is 0 Å². The maximum absolute atomic E-state index is 12.7. The first-order valence-corrected chi connectivity index (χ1v) is 11.4. The average Bonchev–Trinajstić information content (AvgIpc) is 3.44. The highest BCUT2D eigenvalue weighted by Gasteiger charge is 2.32. The summed E-state index contributed by atoms with van der Waals surface area (Å²) in [6, 6.07) is 4.03. The number of nitrogens with one attached hydrogen (secondary N) is 2. The van der Waals surface area contributed by atoms with E-state index in [1.807, 2.05) is 24.0 Å². The first-order chi connectivity index (χ1) is 14.6. The number of carbonyl (C=O) groups is 1. The Kier molecular flexibility index (Phi) is 6.87. The summed E-state index contributed by atoms with van der Waals surface area (Å²) in [7, 11) is 0. The molecule has 2 fully saturated rings. The van der Waals surface area contributed by atoms with E-state index in [0.717, 1.165) is 50.4 Å². The van der Waals surface area contributed by atoms with Crippen LogP contribution < -0.4 is 20.1 Å². The van der Waals surface area contributed by atoms with Gasteiger partial charge in [-0.15, -0.1) is 0 Å². The van der Waals surface area contributed by atoms with Crippen LogP contribution in [0.15, 0.2) is 17.1 Å². The monoisotopic (exact) mass is 434 g/mol. The summed E-state index contributed by atoms with van der Waals surface area (Å²) in [4.78, 5) is 19.4. The van der Waals surface area contributed by atoms with Crippen molar-refractivity contribution in [2.75, 3.05) is 32.8 Å². The Morgan fingerprint density at radius 1 is 1.23 bits per heavy atom. The molecule has 0 bridgehead atoms. The third-order valence-corrected chi connectivity index (χ3v) is 6.25. The number of aliphatic imine (C=N–C) groups is 1. The summed E-state index contributed by atoms with van der Waals surface area (Å²) < 4.78 is 11.2. The summed E-state index contributed by atoms with van der Waals surface area (Å²) in [5.74, 6) is 2.62. The van der Waals surface area contributed by atoms with Crippen LogP contribution in [0.2, 0.25) is 5.02 Å². The summed E-state index contributed by atoms with van der Waals surface area (Å²) in [6.45, 7) is 5.90. The number of carbonyl (C=O) groups excluding carboxylic acids is 1. The summed E-state index contributed by atoms with van der Waals surface area (Å²) >= 11 is 6.34. The van der Waals surface area contributed by atoms with E-state index in [2.05, 4.69) is 10.6 Å². The number of fused-ring (bicyclic) bond motifs is 1. The minimum Gasteiger partial charge on any atom is -0.486 e. The van der Waals surface area contributed by atoms with Crippen LogP contribution in [0.1, 0.15) is 44.6 Å². The Bertz CT molecular complexity index is 795. The minimum atomic E-state index is 0.219. The number of nitrogens with zero attached hydrogens (tertiary/aromatic N) is 2. The second-order valence-electron chi connectivity index (χ2n) is 8.19. The van der Waals surface area contributed by atoms with E-state index in [1.54, 1.807) is 0 Å². The third kappa shape index (κ3) is 4.94. The molecule has 2 N–H and O–H groups in total. The first kappa shape index (κ1) is 21.1. The molecule has 4 rings (SSSR count). The maximum atomic E-state index is 12.7. The van der Waals surface area contributed by atoms with Crippen molar-refractivity contribution in [3.8, 4) is 11.5 Å². The van der Waals surface area contributed by atoms with Crippen LogP contribution in [-0.4, -0.2) is 55.7 Å². The van der Waals surface area contributed by atoms with Crippen molar-refractivity contribution in [3.05, 3.63) is 22.7 Å². The van der Waals surface area contributed by atoms with Gasteiger partial charge in [-0.1, -0.05) is 24.4 Å². The van der Waals surface area contributed by atoms with Crippen LogP contribution >= 0.6 is 11.6 Å². The fraction of sp³-hybridized carbons (Fsp3) is 0.636. The molecular weight excluding hydrogens is 404 g/mol. The third-order valence-electron chi connectivity index (χ3n) is 5.97. The summed E-state index contributed by atoms with van der Waals surface area (Å²) in [5.41, 5.74) is 0.964. The first-order valence-electron chi connectivity index (χ1n) is 11.1. The molecule has 1 saturated heterocycles. The van der Waals surface area contributed by atoms with Gasteiger partial charge in [0.15, 0.2) is 17.5 Å². The molecule has 0 spiro atoms. The topological polar surface area (TPSA) is 75.2 Å². The second-order valence-corrected chi connectivity index (χ2v) is 8.60. The lowest BCUT2D eigenvalue weighted by Crippen LogP contribution is -2.45. The SMILES string of the molecule is CCNC(=NCc1cc(Cl)c2c(c1)OCCO2)NC1CCN(C(=O)C2CCCC2)C1. The lowest BCUT2D eigenvalue weighted by Gasteiger charge is -2.22. The molecule has 1 aliphatic carbocycles. The van der Waals surface area contributed by atoms with E-state index in [9.17, 15) is 4.79 Å². The molecule has 2 aliphatic heterocycles. The highest BCUT2D eigenvalue weighted by atomic mass is 35.5. The van der Waals surface area contributed by atoms with Crippen molar-refractivity contribution in [2.45, 2.75) is 51.6 Å². The molecule has 3 aliphatic rings. The predicted octanol–water partition coefficient (Wildman–Crippen LogP) is 2.96. The van der Waals surface area contributed by atoms with Crippen molar-refractivity contribution < 1.29 is 14.3 Å². The number of hydrogen-bond donors (Lipinski definition) is 2. The summed E-state index contributed by atoms with van der Waals surface area (Å²) in [6.07, 6.45) is 5.42. The Labute approximate surface area is 183 Å². The Balaban J connectivity index is 1.36. The quantitative estimate of drug-likeness (QED) is 0.550. The highest BCUT2D eigenvalue weighted by Crippen LogP contribution is 2.38. The van der Waals surface area contributed by atoms with Crippen LogP contribution in [0.5, 0.6) is 11.5 Å². The predicted molar refractivity (Wildman–Crippen MR) is 117 cm³/mol. The lowest BCUT2D eigenvalue weighted by atomic mass is 10.1. The standard InChI is InChI=1S/C22H31ClN4O3/c1-2-24-22(25-13-15-11-18(23)20-19(12-15)29-9-10-30-20)26-17-7-8-27(14-17)21(28)16-5-3-4-6-16/h11-12,16-17H,2-10,13-14H2,1H3,(H2,24,25,26). The van der Waals surface area contributed by atoms with Gasteiger partial charge in [-0.25, -0.2) is 4.99 Å². The van der Waals surface area contributed by atoms with Gasteiger partial charge >= 0.3 is 0 Å². The van der Waals surface area contributed by atoms with Gasteiger partial charge in [0.05, 0.1) is 11.6 Å². The van der Waals surface area contributed by atoms with Gasteiger partial charge in [-0.05, 0) is 43.9 Å². The molecule has 1 aromatic carbocycles. The van der Waals surface area contributed by atoms with Gasteiger partial charge in [-0.2, -0.15) is 0 Å². The zero-order chi connectivity index (χ0) is 20.9. The van der Waals surface area contributed by atoms with Gasteiger partial charge in [0.2, 0.25) is 5.91 Å². The van der Waals surface area contributed by atoms with Gasteiger partial charge in [0.25, 0.3) is 0 Å². The van der Waals surface area contributed by atoms with Crippen molar-refractivity contribution in [1.82, 2.24) is 15.5 Å². The molecule has 1 atom stereocenters. The maximum Gasteiger partial charge on any atom is 0.225 e. The number of halogens is 1. The van der Waals surface area contributed by atoms with E-state index in [-0.39, 0.29) is 12.0 Å². The Morgan fingerprint density at radius 2 is 2.03 bits per heavy atom. The fourth-order valence-electron chi connectivity index (χ4n) is 4.45. The molecule has 1 unspecified atom stereocenters. The minimum absolute atomic E-state index is 0.219. The van der Waals surface area contributed by atoms with E-state index in [1.165, 1.54) is 12.8 Å². The number of ether oxygens (including phenoxy) is 2. The van der Waals surface area contributed by atoms with E-state index in [4.69, 9.17) is 26.1 Å². The van der Waals surface area contributed by atoms with Gasteiger partial charge in [0, 0.05) is 31.6 Å². The number of hydrogen-bond acceptors (Lipinski definition) is 4. The van der Waals surface area contributed by atoms with Crippen LogP contribution in [0.3, 0.4) is 0 Å². The fourth-order valence-corrected chi connectivity index (χ4v) is 4.74. The van der Waals surface area contributed by atoms with E-state index < -0.39 is 0 Å². The number of amides is 1. The van der Waals surface area contributed by atoms with Crippen molar-refractivity contribution >= 4 is 23.5 Å². The molecule has 2 heterocycles.